The average molecular weight is 243 g/mol. The summed E-state index contributed by atoms with van der Waals surface area (Å²) in [6.07, 6.45) is 3.70. The van der Waals surface area contributed by atoms with E-state index in [1.54, 1.807) is 6.20 Å². The van der Waals surface area contributed by atoms with Crippen LogP contribution in [0.2, 0.25) is 0 Å². The number of anilines is 1. The summed E-state index contributed by atoms with van der Waals surface area (Å²) in [4.78, 5) is 6.45. The van der Waals surface area contributed by atoms with Crippen LogP contribution in [-0.2, 0) is 0 Å². The Morgan fingerprint density at radius 3 is 2.62 bits per heavy atom. The zero-order valence-corrected chi connectivity index (χ0v) is 9.87. The monoisotopic (exact) mass is 242 g/mol. The van der Waals surface area contributed by atoms with E-state index in [9.17, 15) is 0 Å². The van der Waals surface area contributed by atoms with Crippen LogP contribution in [0.1, 0.15) is 20.8 Å². The molecule has 1 aromatic heterocycles. The smallest absolute Gasteiger partial charge is 0.0566 e. The highest BCUT2D eigenvalue weighted by Gasteiger charge is 2.07. The predicted molar refractivity (Wildman–Crippen MR) is 60.1 cm³/mol. The Morgan fingerprint density at radius 2 is 2.15 bits per heavy atom. The van der Waals surface area contributed by atoms with E-state index in [4.69, 9.17) is 0 Å². The first-order valence-corrected chi connectivity index (χ1v) is 5.31. The molecule has 1 aromatic rings. The third-order valence-electron chi connectivity index (χ3n) is 1.99. The molecule has 3 heteroatoms. The first-order chi connectivity index (χ1) is 6.15. The van der Waals surface area contributed by atoms with Gasteiger partial charge in [0.05, 0.1) is 11.9 Å². The minimum Gasteiger partial charge on any atom is -0.368 e. The van der Waals surface area contributed by atoms with E-state index in [0.717, 1.165) is 11.0 Å². The van der Waals surface area contributed by atoms with Crippen LogP contribution >= 0.6 is 15.9 Å². The van der Waals surface area contributed by atoms with Crippen LogP contribution in [0.4, 0.5) is 5.69 Å². The van der Waals surface area contributed by atoms with Crippen LogP contribution in [0.15, 0.2) is 22.9 Å². The molecule has 0 atom stereocenters. The van der Waals surface area contributed by atoms with Gasteiger partial charge in [0.15, 0.2) is 0 Å². The molecule has 0 radical (unpaired) electrons. The van der Waals surface area contributed by atoms with Crippen molar-refractivity contribution < 1.29 is 0 Å². The fraction of sp³-hybridized carbons (Fsp3) is 0.500. The highest BCUT2D eigenvalue weighted by Crippen LogP contribution is 2.19. The van der Waals surface area contributed by atoms with Crippen molar-refractivity contribution in [2.45, 2.75) is 26.8 Å². The standard InChI is InChI=1S/C10H15BrN2/c1-4-13(8(2)3)10-5-9(11)6-12-7-10/h5-8H,4H2,1-3H3. The third-order valence-corrected chi connectivity index (χ3v) is 2.42. The molecule has 1 rings (SSSR count). The molecule has 0 aliphatic carbocycles. The number of hydrogen-bond acceptors (Lipinski definition) is 2. The summed E-state index contributed by atoms with van der Waals surface area (Å²) in [5.41, 5.74) is 1.17. The minimum atomic E-state index is 0.515. The molecule has 2 nitrogen and oxygen atoms in total. The first-order valence-electron chi connectivity index (χ1n) is 4.52. The van der Waals surface area contributed by atoms with Crippen molar-refractivity contribution >= 4 is 21.6 Å². The molecule has 0 fully saturated rings. The van der Waals surface area contributed by atoms with Gasteiger partial charge in [-0.2, -0.15) is 0 Å². The Balaban J connectivity index is 2.91. The summed E-state index contributed by atoms with van der Waals surface area (Å²) in [5, 5.41) is 0. The molecule has 0 aliphatic rings. The third kappa shape index (κ3) is 2.69. The van der Waals surface area contributed by atoms with Crippen molar-refractivity contribution in [1.29, 1.82) is 0 Å². The summed E-state index contributed by atoms with van der Waals surface area (Å²) >= 11 is 3.42. The van der Waals surface area contributed by atoms with Crippen LogP contribution in [0.25, 0.3) is 0 Å². The largest absolute Gasteiger partial charge is 0.368 e. The van der Waals surface area contributed by atoms with Crippen LogP contribution in [-0.4, -0.2) is 17.6 Å². The number of aromatic nitrogens is 1. The molecule has 1 heterocycles. The van der Waals surface area contributed by atoms with E-state index in [2.05, 4.69) is 52.7 Å². The van der Waals surface area contributed by atoms with Crippen LogP contribution in [0, 0.1) is 0 Å². The van der Waals surface area contributed by atoms with Crippen LogP contribution < -0.4 is 4.90 Å². The lowest BCUT2D eigenvalue weighted by Gasteiger charge is -2.27. The lowest BCUT2D eigenvalue weighted by molar-refractivity contribution is 0.702. The quantitative estimate of drug-likeness (QED) is 0.810. The molecule has 0 amide bonds. The molecule has 13 heavy (non-hydrogen) atoms. The number of pyridine rings is 1. The SMILES string of the molecule is CCN(c1cncc(Br)c1)C(C)C. The van der Waals surface area contributed by atoms with Gasteiger partial charge in [0.25, 0.3) is 0 Å². The van der Waals surface area contributed by atoms with Crippen molar-refractivity contribution in [3.8, 4) is 0 Å². The molecule has 0 bridgehead atoms. The Kier molecular flexibility index (Phi) is 3.72. The highest BCUT2D eigenvalue weighted by atomic mass is 79.9. The van der Waals surface area contributed by atoms with Gasteiger partial charge >= 0.3 is 0 Å². The second kappa shape index (κ2) is 4.61. The van der Waals surface area contributed by atoms with Gasteiger partial charge in [0.1, 0.15) is 0 Å². The number of hydrogen-bond donors (Lipinski definition) is 0. The van der Waals surface area contributed by atoms with Gasteiger partial charge in [-0.05, 0) is 42.8 Å². The molecule has 0 aromatic carbocycles. The Labute approximate surface area is 88.1 Å². The van der Waals surface area contributed by atoms with Crippen molar-refractivity contribution in [2.24, 2.45) is 0 Å². The maximum atomic E-state index is 4.15. The molecule has 0 N–H and O–H groups in total. The zero-order valence-electron chi connectivity index (χ0n) is 8.29. The van der Waals surface area contributed by atoms with Crippen molar-refractivity contribution in [1.82, 2.24) is 4.98 Å². The maximum absolute atomic E-state index is 4.15. The van der Waals surface area contributed by atoms with Gasteiger partial charge < -0.3 is 4.90 Å². The van der Waals surface area contributed by atoms with E-state index in [0.29, 0.717) is 6.04 Å². The zero-order chi connectivity index (χ0) is 9.84. The van der Waals surface area contributed by atoms with Crippen LogP contribution in [0.5, 0.6) is 0 Å². The molecule has 0 saturated heterocycles. The predicted octanol–water partition coefficient (Wildman–Crippen LogP) is 3.08. The molecular weight excluding hydrogens is 228 g/mol. The summed E-state index contributed by atoms with van der Waals surface area (Å²) in [6.45, 7) is 7.53. The lowest BCUT2D eigenvalue weighted by atomic mass is 10.3. The minimum absolute atomic E-state index is 0.515. The summed E-state index contributed by atoms with van der Waals surface area (Å²) < 4.78 is 1.03. The first kappa shape index (κ1) is 10.5. The van der Waals surface area contributed by atoms with Gasteiger partial charge in [0, 0.05) is 23.3 Å². The summed E-state index contributed by atoms with van der Waals surface area (Å²) in [6, 6.07) is 2.61. The molecular formula is C10H15BrN2. The van der Waals surface area contributed by atoms with E-state index >= 15 is 0 Å². The average Bonchev–Trinajstić information content (AvgIpc) is 2.04. The maximum Gasteiger partial charge on any atom is 0.0566 e. The van der Waals surface area contributed by atoms with E-state index in [1.807, 2.05) is 6.20 Å². The molecule has 0 aliphatic heterocycles. The topological polar surface area (TPSA) is 16.1 Å². The number of rotatable bonds is 3. The van der Waals surface area contributed by atoms with Gasteiger partial charge in [-0.1, -0.05) is 0 Å². The fourth-order valence-electron chi connectivity index (χ4n) is 1.40. The van der Waals surface area contributed by atoms with E-state index in [-0.39, 0.29) is 0 Å². The lowest BCUT2D eigenvalue weighted by Crippen LogP contribution is -2.30. The van der Waals surface area contributed by atoms with Gasteiger partial charge in [-0.25, -0.2) is 0 Å². The normalized spacial score (nSPS) is 10.5. The fourth-order valence-corrected chi connectivity index (χ4v) is 1.76. The molecule has 72 valence electrons. The van der Waals surface area contributed by atoms with Gasteiger partial charge in [0.2, 0.25) is 0 Å². The highest BCUT2D eigenvalue weighted by molar-refractivity contribution is 9.10. The van der Waals surface area contributed by atoms with Gasteiger partial charge in [-0.3, -0.25) is 4.98 Å². The summed E-state index contributed by atoms with van der Waals surface area (Å²) in [5.74, 6) is 0. The molecule has 0 saturated carbocycles. The Morgan fingerprint density at radius 1 is 1.46 bits per heavy atom. The molecule has 0 unspecified atom stereocenters. The van der Waals surface area contributed by atoms with Gasteiger partial charge in [-0.15, -0.1) is 0 Å². The number of nitrogens with zero attached hydrogens (tertiary/aromatic N) is 2. The second-order valence-electron chi connectivity index (χ2n) is 3.24. The van der Waals surface area contributed by atoms with Crippen molar-refractivity contribution in [3.05, 3.63) is 22.9 Å². The van der Waals surface area contributed by atoms with Crippen molar-refractivity contribution in [3.63, 3.8) is 0 Å². The van der Waals surface area contributed by atoms with Crippen molar-refractivity contribution in [2.75, 3.05) is 11.4 Å². The van der Waals surface area contributed by atoms with Crippen LogP contribution in [0.3, 0.4) is 0 Å². The second-order valence-corrected chi connectivity index (χ2v) is 4.16. The number of halogens is 1. The Hall–Kier alpha value is -0.570. The summed E-state index contributed by atoms with van der Waals surface area (Å²) in [7, 11) is 0. The molecule has 0 spiro atoms. The Bertz CT molecular complexity index is 273. The van der Waals surface area contributed by atoms with E-state index < -0.39 is 0 Å². The van der Waals surface area contributed by atoms with E-state index in [1.165, 1.54) is 5.69 Å².